The van der Waals surface area contributed by atoms with Gasteiger partial charge in [-0.05, 0) is 32.0 Å². The van der Waals surface area contributed by atoms with Gasteiger partial charge in [0.15, 0.2) is 9.84 Å². The molecule has 0 bridgehead atoms. The Hall–Kier alpha value is -1.70. The lowest BCUT2D eigenvalue weighted by Gasteiger charge is -2.32. The zero-order chi connectivity index (χ0) is 15.7. The van der Waals surface area contributed by atoms with Crippen molar-refractivity contribution >= 4 is 9.84 Å². The first kappa shape index (κ1) is 15.7. The number of nitrogens with one attached hydrogen (secondary N) is 1. The molecule has 0 radical (unpaired) electrons. The van der Waals surface area contributed by atoms with Gasteiger partial charge >= 0.3 is 0 Å². The van der Waals surface area contributed by atoms with Crippen molar-refractivity contribution < 1.29 is 8.42 Å². The van der Waals surface area contributed by atoms with Gasteiger partial charge in [0.2, 0.25) is 0 Å². The number of sulfone groups is 1. The molecule has 1 aromatic heterocycles. The largest absolute Gasteiger partial charge is 0.271 e. The Labute approximate surface area is 124 Å². The van der Waals surface area contributed by atoms with E-state index in [0.717, 1.165) is 5.69 Å². The van der Waals surface area contributed by atoms with Crippen molar-refractivity contribution in [3.63, 3.8) is 0 Å². The standard InChI is InChI=1S/C14H20N4O2S/c1-14(2,21(3,19)20)13(17-15)12-9-10-16-18(12)11-7-5-4-6-8-11/h4-10,13,17H,15H2,1-3H3. The summed E-state index contributed by atoms with van der Waals surface area (Å²) < 4.78 is 24.8. The molecule has 6 nitrogen and oxygen atoms in total. The highest BCUT2D eigenvalue weighted by molar-refractivity contribution is 7.92. The molecule has 1 aromatic carbocycles. The normalized spacial score (nSPS) is 14.1. The summed E-state index contributed by atoms with van der Waals surface area (Å²) in [6.45, 7) is 3.30. The lowest BCUT2D eigenvalue weighted by molar-refractivity contribution is 0.412. The Morgan fingerprint density at radius 2 is 1.86 bits per heavy atom. The molecule has 0 amide bonds. The second-order valence-electron chi connectivity index (χ2n) is 5.48. The fourth-order valence-corrected chi connectivity index (χ4v) is 2.79. The van der Waals surface area contributed by atoms with Crippen molar-refractivity contribution in [2.45, 2.75) is 24.6 Å². The van der Waals surface area contributed by atoms with Gasteiger partial charge in [-0.2, -0.15) is 5.10 Å². The first-order valence-electron chi connectivity index (χ1n) is 6.54. The van der Waals surface area contributed by atoms with Gasteiger partial charge in [-0.3, -0.25) is 5.84 Å². The molecule has 7 heteroatoms. The zero-order valence-corrected chi connectivity index (χ0v) is 13.1. The van der Waals surface area contributed by atoms with Gasteiger partial charge in [0.1, 0.15) is 0 Å². The van der Waals surface area contributed by atoms with Crippen molar-refractivity contribution in [1.29, 1.82) is 0 Å². The van der Waals surface area contributed by atoms with Crippen LogP contribution >= 0.6 is 0 Å². The van der Waals surface area contributed by atoms with E-state index in [-0.39, 0.29) is 0 Å². The summed E-state index contributed by atoms with van der Waals surface area (Å²) in [7, 11) is -3.32. The molecular weight excluding hydrogens is 288 g/mol. The first-order valence-corrected chi connectivity index (χ1v) is 8.43. The van der Waals surface area contributed by atoms with Crippen LogP contribution in [-0.2, 0) is 9.84 Å². The van der Waals surface area contributed by atoms with Crippen LogP contribution in [0, 0.1) is 0 Å². The van der Waals surface area contributed by atoms with Crippen molar-refractivity contribution in [2.75, 3.05) is 6.26 Å². The van der Waals surface area contributed by atoms with E-state index < -0.39 is 20.6 Å². The number of rotatable bonds is 5. The summed E-state index contributed by atoms with van der Waals surface area (Å²) in [4.78, 5) is 0. The second kappa shape index (κ2) is 5.59. The quantitative estimate of drug-likeness (QED) is 0.640. The third kappa shape index (κ3) is 2.85. The fraction of sp³-hybridized carbons (Fsp3) is 0.357. The Bertz CT molecular complexity index is 708. The van der Waals surface area contributed by atoms with Crippen LogP contribution in [0.15, 0.2) is 42.6 Å². The van der Waals surface area contributed by atoms with Crippen LogP contribution in [0.3, 0.4) is 0 Å². The molecule has 0 saturated carbocycles. The Morgan fingerprint density at radius 1 is 1.24 bits per heavy atom. The highest BCUT2D eigenvalue weighted by Gasteiger charge is 2.41. The predicted molar refractivity (Wildman–Crippen MR) is 82.6 cm³/mol. The van der Waals surface area contributed by atoms with Crippen molar-refractivity contribution in [1.82, 2.24) is 15.2 Å². The summed E-state index contributed by atoms with van der Waals surface area (Å²) in [5, 5.41) is 4.28. The molecular formula is C14H20N4O2S. The average molecular weight is 308 g/mol. The maximum atomic E-state index is 12.1. The van der Waals surface area contributed by atoms with E-state index in [1.54, 1.807) is 30.8 Å². The summed E-state index contributed by atoms with van der Waals surface area (Å²) in [5.41, 5.74) is 4.16. The van der Waals surface area contributed by atoms with Crippen molar-refractivity contribution in [2.24, 2.45) is 5.84 Å². The molecule has 0 saturated heterocycles. The molecule has 0 spiro atoms. The number of benzene rings is 1. The Kier molecular flexibility index (Phi) is 4.18. The lowest BCUT2D eigenvalue weighted by atomic mass is 10.0. The number of nitrogens with two attached hydrogens (primary N) is 1. The molecule has 2 rings (SSSR count). The van der Waals surface area contributed by atoms with Crippen LogP contribution in [0.5, 0.6) is 0 Å². The molecule has 2 aromatic rings. The van der Waals surface area contributed by atoms with E-state index >= 15 is 0 Å². The molecule has 0 fully saturated rings. The van der Waals surface area contributed by atoms with Crippen LogP contribution in [0.4, 0.5) is 0 Å². The number of hydrazine groups is 1. The molecule has 1 atom stereocenters. The monoisotopic (exact) mass is 308 g/mol. The number of nitrogens with zero attached hydrogens (tertiary/aromatic N) is 2. The highest BCUT2D eigenvalue weighted by Crippen LogP contribution is 2.32. The maximum absolute atomic E-state index is 12.1. The first-order chi connectivity index (χ1) is 9.79. The van der Waals surface area contributed by atoms with E-state index in [4.69, 9.17) is 5.84 Å². The van der Waals surface area contributed by atoms with Gasteiger partial charge < -0.3 is 0 Å². The SMILES string of the molecule is CC(C)(C(NN)c1ccnn1-c1ccccc1)S(C)(=O)=O. The molecule has 1 unspecified atom stereocenters. The second-order valence-corrected chi connectivity index (χ2v) is 8.08. The lowest BCUT2D eigenvalue weighted by Crippen LogP contribution is -2.48. The molecule has 0 aliphatic carbocycles. The number of para-hydroxylation sites is 1. The van der Waals surface area contributed by atoms with Crippen LogP contribution < -0.4 is 11.3 Å². The number of hydrogen-bond donors (Lipinski definition) is 2. The maximum Gasteiger partial charge on any atom is 0.154 e. The number of aromatic nitrogens is 2. The van der Waals surface area contributed by atoms with Crippen LogP contribution in [0.25, 0.3) is 5.69 Å². The van der Waals surface area contributed by atoms with Gasteiger partial charge in [0, 0.05) is 12.5 Å². The van der Waals surface area contributed by atoms with Gasteiger partial charge in [-0.15, -0.1) is 0 Å². The summed E-state index contributed by atoms with van der Waals surface area (Å²) in [5.74, 6) is 5.64. The Balaban J connectivity index is 2.54. The van der Waals surface area contributed by atoms with Gasteiger partial charge in [-0.25, -0.2) is 18.5 Å². The molecule has 0 aliphatic heterocycles. The average Bonchev–Trinajstić information content (AvgIpc) is 2.88. The minimum atomic E-state index is -3.32. The van der Waals surface area contributed by atoms with Crippen molar-refractivity contribution in [3.05, 3.63) is 48.3 Å². The van der Waals surface area contributed by atoms with Crippen LogP contribution in [0.2, 0.25) is 0 Å². The molecule has 21 heavy (non-hydrogen) atoms. The van der Waals surface area contributed by atoms with E-state index in [1.165, 1.54) is 6.26 Å². The van der Waals surface area contributed by atoms with Gasteiger partial charge in [0.25, 0.3) is 0 Å². The topological polar surface area (TPSA) is 90.0 Å². The number of hydrogen-bond acceptors (Lipinski definition) is 5. The smallest absolute Gasteiger partial charge is 0.154 e. The van der Waals surface area contributed by atoms with Gasteiger partial charge in [-0.1, -0.05) is 18.2 Å². The minimum Gasteiger partial charge on any atom is -0.271 e. The molecule has 1 heterocycles. The van der Waals surface area contributed by atoms with E-state index in [9.17, 15) is 8.42 Å². The van der Waals surface area contributed by atoms with E-state index in [1.807, 2.05) is 30.3 Å². The fourth-order valence-electron chi connectivity index (χ4n) is 2.17. The van der Waals surface area contributed by atoms with Gasteiger partial charge in [0.05, 0.1) is 22.2 Å². The summed E-state index contributed by atoms with van der Waals surface area (Å²) in [6.07, 6.45) is 2.84. The van der Waals surface area contributed by atoms with Crippen molar-refractivity contribution in [3.8, 4) is 5.69 Å². The van der Waals surface area contributed by atoms with E-state index in [0.29, 0.717) is 5.69 Å². The summed E-state index contributed by atoms with van der Waals surface area (Å²) in [6, 6.07) is 10.7. The zero-order valence-electron chi connectivity index (χ0n) is 12.3. The van der Waals surface area contributed by atoms with Crippen LogP contribution in [0.1, 0.15) is 25.6 Å². The van der Waals surface area contributed by atoms with Crippen LogP contribution in [-0.4, -0.2) is 29.2 Å². The predicted octanol–water partition coefficient (Wildman–Crippen LogP) is 1.20. The van der Waals surface area contributed by atoms with E-state index in [2.05, 4.69) is 10.5 Å². The highest BCUT2D eigenvalue weighted by atomic mass is 32.2. The third-order valence-corrected chi connectivity index (χ3v) is 5.93. The molecule has 0 aliphatic rings. The third-order valence-electron chi connectivity index (χ3n) is 3.79. The minimum absolute atomic E-state index is 0.588. The molecule has 114 valence electrons. The summed E-state index contributed by atoms with van der Waals surface area (Å²) >= 11 is 0. The Morgan fingerprint density at radius 3 is 2.38 bits per heavy atom. The molecule has 3 N–H and O–H groups in total.